The van der Waals surface area contributed by atoms with Crippen molar-refractivity contribution in [3.63, 3.8) is 0 Å². The molecule has 11 heavy (non-hydrogen) atoms. The molecular formula is H3Ge3KO6Zn. The van der Waals surface area contributed by atoms with E-state index in [1.54, 1.807) is 0 Å². The first-order valence-corrected chi connectivity index (χ1v) is 7.35. The van der Waals surface area contributed by atoms with E-state index in [0.717, 1.165) is 0 Å². The molecule has 0 heterocycles. The first-order valence-electron chi connectivity index (χ1n) is 1.41. The van der Waals surface area contributed by atoms with Crippen molar-refractivity contribution in [1.82, 2.24) is 0 Å². The van der Waals surface area contributed by atoms with Crippen LogP contribution in [0.5, 0.6) is 0 Å². The van der Waals surface area contributed by atoms with E-state index in [9.17, 15) is 0 Å². The molecule has 0 rings (SSSR count). The van der Waals surface area contributed by atoms with Crippen molar-refractivity contribution in [2.45, 2.75) is 0 Å². The van der Waals surface area contributed by atoms with Gasteiger partial charge in [0.05, 0.1) is 0 Å². The van der Waals surface area contributed by atoms with E-state index in [0.29, 0.717) is 0 Å². The molecule has 0 aromatic rings. The second-order valence-electron chi connectivity index (χ2n) is 0.289. The third-order valence-electron chi connectivity index (χ3n) is 0. The summed E-state index contributed by atoms with van der Waals surface area (Å²) in [5.41, 5.74) is 0. The molecule has 0 aliphatic heterocycles. The van der Waals surface area contributed by atoms with Crippen LogP contribution in [0, 0.1) is 0 Å². The Bertz CT molecular complexity index is 54.6. The first kappa shape index (κ1) is 29.2. The van der Waals surface area contributed by atoms with Gasteiger partial charge in [-0.1, -0.05) is 0 Å². The van der Waals surface area contributed by atoms with Crippen LogP contribution in [0.4, 0.5) is 0 Å². The second kappa shape index (κ2) is 53.6. The molecule has 0 aliphatic rings. The van der Waals surface area contributed by atoms with Gasteiger partial charge in [-0.2, -0.15) is 0 Å². The zero-order valence-electron chi connectivity index (χ0n) is 5.89. The Kier molecular flexibility index (Phi) is 142. The Balaban J connectivity index is -0.0000000150. The predicted molar refractivity (Wildman–Crippen MR) is 23.5 cm³/mol. The van der Waals surface area contributed by atoms with Gasteiger partial charge in [-0.15, -0.1) is 0 Å². The van der Waals surface area contributed by atoms with Crippen molar-refractivity contribution < 1.29 is 94.6 Å². The molecule has 0 aromatic carbocycles. The molecule has 0 atom stereocenters. The zero-order valence-corrected chi connectivity index (χ0v) is 19.2. The van der Waals surface area contributed by atoms with Crippen LogP contribution in [-0.4, -0.2) is 47.1 Å². The molecule has 0 aromatic heterocycles. The minimum atomic E-state index is -2.19. The molecule has 0 saturated heterocycles. The third-order valence-corrected chi connectivity index (χ3v) is 0. The van der Waals surface area contributed by atoms with E-state index >= 15 is 0 Å². The van der Waals surface area contributed by atoms with E-state index in [4.69, 9.17) is 23.7 Å². The molecule has 0 bridgehead atoms. The van der Waals surface area contributed by atoms with E-state index in [-0.39, 0.29) is 70.9 Å². The molecule has 54 valence electrons. The average molecular weight is 421 g/mol. The van der Waals surface area contributed by atoms with Crippen LogP contribution in [0.2, 0.25) is 0 Å². The molecule has 0 radical (unpaired) electrons. The zero-order chi connectivity index (χ0) is 8.12. The molecule has 0 fully saturated rings. The summed E-state index contributed by atoms with van der Waals surface area (Å²) in [4.78, 5) is 0. The van der Waals surface area contributed by atoms with Crippen molar-refractivity contribution in [2.75, 3.05) is 0 Å². The molecule has 0 saturated carbocycles. The topological polar surface area (TPSA) is 120 Å². The molecule has 0 aliphatic carbocycles. The van der Waals surface area contributed by atoms with Gasteiger partial charge >= 0.3 is 142 Å². The summed E-state index contributed by atoms with van der Waals surface area (Å²) in [6.45, 7) is 0. The normalized spacial score (nSPS) is 3.27. The number of rotatable bonds is 0. The van der Waals surface area contributed by atoms with Crippen molar-refractivity contribution in [3.8, 4) is 0 Å². The maximum atomic E-state index is 8.53. The summed E-state index contributed by atoms with van der Waals surface area (Å²) in [5.74, 6) is 0. The van der Waals surface area contributed by atoms with Gasteiger partial charge in [-0.05, 0) is 0 Å². The second-order valence-corrected chi connectivity index (χ2v) is 1.50. The first-order chi connectivity index (χ1) is 4.24. The minimum absolute atomic E-state index is 0. The molecule has 6 nitrogen and oxygen atoms in total. The van der Waals surface area contributed by atoms with E-state index < -0.39 is 47.1 Å². The maximum Gasteiger partial charge on any atom is 2.00 e. The van der Waals surface area contributed by atoms with Gasteiger partial charge in [-0.3, -0.25) is 0 Å². The molecule has 0 amide bonds. The fourth-order valence-corrected chi connectivity index (χ4v) is 0. The Morgan fingerprint density at radius 3 is 0.727 bits per heavy atom. The molecule has 0 spiro atoms. The van der Waals surface area contributed by atoms with Gasteiger partial charge in [0.25, 0.3) is 0 Å². The van der Waals surface area contributed by atoms with Crippen LogP contribution in [0.1, 0.15) is 0 Å². The van der Waals surface area contributed by atoms with Crippen LogP contribution in [0.3, 0.4) is 0 Å². The van der Waals surface area contributed by atoms with E-state index in [1.807, 2.05) is 0 Å². The van der Waals surface area contributed by atoms with Gasteiger partial charge in [-0.25, -0.2) is 0 Å². The fraction of sp³-hybridized carbons (Fsp3) is 0. The summed E-state index contributed by atoms with van der Waals surface area (Å²) in [6, 6.07) is 0. The molecular weight excluding hydrogens is 418 g/mol. The third kappa shape index (κ3) is 201. The van der Waals surface area contributed by atoms with Crippen LogP contribution in [0.15, 0.2) is 0 Å². The van der Waals surface area contributed by atoms with Crippen LogP contribution in [-0.2, 0) is 30.8 Å². The Morgan fingerprint density at radius 2 is 0.727 bits per heavy atom. The monoisotopic (exact) mass is 424 g/mol. The smallest absolute Gasteiger partial charge is 2.00 e. The summed E-state index contributed by atoms with van der Waals surface area (Å²) < 4.78 is 51.2. The van der Waals surface area contributed by atoms with Gasteiger partial charge < -0.3 is 0 Å². The van der Waals surface area contributed by atoms with E-state index in [1.165, 1.54) is 0 Å². The van der Waals surface area contributed by atoms with Crippen molar-refractivity contribution in [2.24, 2.45) is 0 Å². The van der Waals surface area contributed by atoms with Crippen LogP contribution in [0.25, 0.3) is 0 Å². The van der Waals surface area contributed by atoms with Crippen LogP contribution < -0.4 is 63.8 Å². The average Bonchev–Trinajstić information content (AvgIpc) is 1.70. The summed E-state index contributed by atoms with van der Waals surface area (Å²) >= 11 is -6.56. The Labute approximate surface area is 139 Å². The van der Waals surface area contributed by atoms with E-state index in [2.05, 4.69) is 0 Å². The van der Waals surface area contributed by atoms with Gasteiger partial charge in [0.1, 0.15) is 0 Å². The van der Waals surface area contributed by atoms with Crippen molar-refractivity contribution in [1.29, 1.82) is 0 Å². The van der Waals surface area contributed by atoms with Crippen molar-refractivity contribution >= 4 is 47.1 Å². The minimum Gasteiger partial charge on any atom is 2.00 e. The summed E-state index contributed by atoms with van der Waals surface area (Å²) in [6.07, 6.45) is 0. The SMILES string of the molecule is [K+].[O]=[GeH][O-].[O]=[GeH][O-].[O]=[GeH][O-].[Zn+2]. The largest absolute Gasteiger partial charge is 2.00 e. The Hall–Kier alpha value is 2.69. The quantitative estimate of drug-likeness (QED) is 0.358. The maximum absolute atomic E-state index is 8.53. The fourth-order valence-electron chi connectivity index (χ4n) is 0. The van der Waals surface area contributed by atoms with Gasteiger partial charge in [0.2, 0.25) is 0 Å². The number of hydrogen-bond acceptors (Lipinski definition) is 6. The molecule has 0 unspecified atom stereocenters. The number of hydrogen-bond donors (Lipinski definition) is 0. The molecule has 11 heteroatoms. The summed E-state index contributed by atoms with van der Waals surface area (Å²) in [5, 5.41) is 0. The van der Waals surface area contributed by atoms with Gasteiger partial charge in [0, 0.05) is 0 Å². The van der Waals surface area contributed by atoms with Crippen molar-refractivity contribution in [3.05, 3.63) is 0 Å². The summed E-state index contributed by atoms with van der Waals surface area (Å²) in [7, 11) is 0. The Morgan fingerprint density at radius 1 is 0.727 bits per heavy atom. The van der Waals surface area contributed by atoms with Crippen LogP contribution >= 0.6 is 0 Å². The predicted octanol–water partition coefficient (Wildman–Crippen LogP) is -8.87. The standard InChI is InChI=1S/3GeHO2.K.Zn/c3*2-1-3;;/h3*1H;;/q3*-1;+1;+2. The molecule has 0 N–H and O–H groups in total. The van der Waals surface area contributed by atoms with Gasteiger partial charge in [0.15, 0.2) is 0 Å².